The minimum atomic E-state index is -1.06. The number of rotatable bonds is 12. The molecule has 0 atom stereocenters. The Morgan fingerprint density at radius 1 is 0.974 bits per heavy atom. The fourth-order valence-electron chi connectivity index (χ4n) is 4.99. The van der Waals surface area contributed by atoms with Crippen molar-refractivity contribution < 1.29 is 14.7 Å². The third kappa shape index (κ3) is 7.61. The highest BCUT2D eigenvalue weighted by atomic mass is 16.4. The number of piperidine rings is 1. The van der Waals surface area contributed by atoms with Crippen LogP contribution in [0, 0.1) is 5.92 Å². The van der Waals surface area contributed by atoms with E-state index in [4.69, 9.17) is 10.7 Å². The average Bonchev–Trinajstić information content (AvgIpc) is 2.94. The van der Waals surface area contributed by atoms with Crippen molar-refractivity contribution in [2.45, 2.75) is 45.1 Å². The molecule has 1 aromatic heterocycles. The molecule has 2 heterocycles. The lowest BCUT2D eigenvalue weighted by molar-refractivity contribution is -0.137. The van der Waals surface area contributed by atoms with E-state index >= 15 is 0 Å². The second-order valence-corrected chi connectivity index (χ2v) is 9.94. The maximum Gasteiger partial charge on any atom is 0.323 e. The molecule has 4 rings (SSSR count). The highest BCUT2D eigenvalue weighted by Crippen LogP contribution is 2.25. The van der Waals surface area contributed by atoms with Crippen LogP contribution in [-0.4, -0.2) is 58.0 Å². The number of aromatic nitrogens is 2. The molecule has 0 radical (unpaired) electrons. The van der Waals surface area contributed by atoms with Gasteiger partial charge in [-0.2, -0.15) is 0 Å². The van der Waals surface area contributed by atoms with Crippen molar-refractivity contribution >= 4 is 17.8 Å². The van der Waals surface area contributed by atoms with Crippen LogP contribution in [0.2, 0.25) is 0 Å². The van der Waals surface area contributed by atoms with Crippen LogP contribution in [0.5, 0.6) is 0 Å². The summed E-state index contributed by atoms with van der Waals surface area (Å²) in [5.74, 6) is -0.168. The number of nitrogens with two attached hydrogens (primary N) is 1. The molecule has 8 nitrogen and oxygen atoms in total. The number of benzene rings is 2. The lowest BCUT2D eigenvalue weighted by Gasteiger charge is -2.32. The van der Waals surface area contributed by atoms with Gasteiger partial charge in [0.05, 0.1) is 11.3 Å². The highest BCUT2D eigenvalue weighted by Gasteiger charge is 2.26. The number of amides is 1. The molecule has 0 spiro atoms. The van der Waals surface area contributed by atoms with Crippen LogP contribution in [0.1, 0.15) is 52.9 Å². The number of hydrogen-bond acceptors (Lipinski definition) is 6. The maximum absolute atomic E-state index is 13.6. The van der Waals surface area contributed by atoms with Gasteiger partial charge in [-0.05, 0) is 62.1 Å². The Morgan fingerprint density at radius 2 is 1.63 bits per heavy atom. The standard InChI is InChI=1S/C30H37N5O3/c31-16-8-7-13-27-26(29(38)35(22-28(36)37)21-25-11-5-2-6-12-25)20-32-30(33-27)34-17-14-24(15-18-34)19-23-9-3-1-4-10-23/h1-6,9-12,20,24H,7-8,13-19,21-22,31H2,(H,36,37). The van der Waals surface area contributed by atoms with Crippen LogP contribution >= 0.6 is 0 Å². The van der Waals surface area contributed by atoms with E-state index in [1.165, 1.54) is 10.5 Å². The molecular formula is C30H37N5O3. The molecule has 0 saturated carbocycles. The van der Waals surface area contributed by atoms with Gasteiger partial charge in [-0.15, -0.1) is 0 Å². The van der Waals surface area contributed by atoms with Crippen molar-refractivity contribution in [3.63, 3.8) is 0 Å². The fraction of sp³-hybridized carbons (Fsp3) is 0.400. The number of aryl methyl sites for hydroxylation is 1. The van der Waals surface area contributed by atoms with E-state index in [2.05, 4.69) is 34.1 Å². The first kappa shape index (κ1) is 27.3. The number of aliphatic carboxylic acids is 1. The quantitative estimate of drug-likeness (QED) is 0.351. The zero-order valence-electron chi connectivity index (χ0n) is 21.8. The molecule has 8 heteroatoms. The Balaban J connectivity index is 1.50. The zero-order valence-corrected chi connectivity index (χ0v) is 21.8. The summed E-state index contributed by atoms with van der Waals surface area (Å²) in [5, 5.41) is 9.48. The Labute approximate surface area is 224 Å². The second kappa shape index (κ2) is 13.7. The van der Waals surface area contributed by atoms with Crippen molar-refractivity contribution in [3.05, 3.63) is 89.2 Å². The summed E-state index contributed by atoms with van der Waals surface area (Å²) < 4.78 is 0. The summed E-state index contributed by atoms with van der Waals surface area (Å²) in [4.78, 5) is 38.1. The number of carboxylic acids is 1. The fourth-order valence-corrected chi connectivity index (χ4v) is 4.99. The molecule has 1 fully saturated rings. The molecule has 2 aromatic carbocycles. The number of anilines is 1. The molecule has 0 aliphatic carbocycles. The Hall–Kier alpha value is -3.78. The van der Waals surface area contributed by atoms with Gasteiger partial charge in [0.1, 0.15) is 6.54 Å². The molecule has 38 heavy (non-hydrogen) atoms. The number of carboxylic acid groups (broad SMARTS) is 1. The number of nitrogens with zero attached hydrogens (tertiary/aromatic N) is 4. The number of carbonyl (C=O) groups excluding carboxylic acids is 1. The molecule has 0 bridgehead atoms. The van der Waals surface area contributed by atoms with E-state index in [1.807, 2.05) is 36.4 Å². The van der Waals surface area contributed by atoms with Crippen molar-refractivity contribution in [1.82, 2.24) is 14.9 Å². The Kier molecular flexibility index (Phi) is 9.81. The van der Waals surface area contributed by atoms with Crippen LogP contribution in [0.25, 0.3) is 0 Å². The first-order valence-electron chi connectivity index (χ1n) is 13.4. The average molecular weight is 516 g/mol. The van der Waals surface area contributed by atoms with Gasteiger partial charge in [0.15, 0.2) is 0 Å². The summed E-state index contributed by atoms with van der Waals surface area (Å²) in [6, 6.07) is 20.0. The topological polar surface area (TPSA) is 113 Å². The lowest BCUT2D eigenvalue weighted by Crippen LogP contribution is -2.37. The minimum absolute atomic E-state index is 0.199. The van der Waals surface area contributed by atoms with Crippen LogP contribution in [0.3, 0.4) is 0 Å². The van der Waals surface area contributed by atoms with Crippen LogP contribution in [0.4, 0.5) is 5.95 Å². The van der Waals surface area contributed by atoms with E-state index in [1.54, 1.807) is 6.20 Å². The number of unbranched alkanes of at least 4 members (excludes halogenated alkanes) is 1. The van der Waals surface area contributed by atoms with Gasteiger partial charge in [-0.25, -0.2) is 9.97 Å². The summed E-state index contributed by atoms with van der Waals surface area (Å²) in [7, 11) is 0. The van der Waals surface area contributed by atoms with Crippen molar-refractivity contribution in [2.24, 2.45) is 11.7 Å². The molecule has 1 aliphatic heterocycles. The molecule has 1 amide bonds. The largest absolute Gasteiger partial charge is 0.480 e. The summed E-state index contributed by atoms with van der Waals surface area (Å²) in [6.07, 6.45) is 6.98. The van der Waals surface area contributed by atoms with Gasteiger partial charge in [-0.3, -0.25) is 9.59 Å². The summed E-state index contributed by atoms with van der Waals surface area (Å²) in [6.45, 7) is 2.10. The van der Waals surface area contributed by atoms with E-state index in [-0.39, 0.29) is 12.5 Å². The molecule has 200 valence electrons. The van der Waals surface area contributed by atoms with Crippen LogP contribution in [0.15, 0.2) is 66.9 Å². The zero-order chi connectivity index (χ0) is 26.7. The normalized spacial score (nSPS) is 13.9. The molecule has 3 aromatic rings. The van der Waals surface area contributed by atoms with Gasteiger partial charge < -0.3 is 20.6 Å². The molecule has 0 unspecified atom stereocenters. The monoisotopic (exact) mass is 515 g/mol. The van der Waals surface area contributed by atoms with Gasteiger partial charge in [-0.1, -0.05) is 60.7 Å². The molecular weight excluding hydrogens is 478 g/mol. The first-order valence-corrected chi connectivity index (χ1v) is 13.4. The van der Waals surface area contributed by atoms with Crippen LogP contribution < -0.4 is 10.6 Å². The summed E-state index contributed by atoms with van der Waals surface area (Å²) >= 11 is 0. The third-order valence-corrected chi connectivity index (χ3v) is 7.05. The molecule has 3 N–H and O–H groups in total. The molecule has 1 saturated heterocycles. The predicted molar refractivity (Wildman–Crippen MR) is 148 cm³/mol. The van der Waals surface area contributed by atoms with Gasteiger partial charge >= 0.3 is 5.97 Å². The maximum atomic E-state index is 13.6. The van der Waals surface area contributed by atoms with E-state index in [9.17, 15) is 14.7 Å². The number of hydrogen-bond donors (Lipinski definition) is 2. The van der Waals surface area contributed by atoms with Crippen LogP contribution in [-0.2, 0) is 24.2 Å². The SMILES string of the molecule is NCCCCc1nc(N2CCC(Cc3ccccc3)CC2)ncc1C(=O)N(CC(=O)O)Cc1ccccc1. The third-order valence-electron chi connectivity index (χ3n) is 7.05. The molecule has 1 aliphatic rings. The minimum Gasteiger partial charge on any atom is -0.480 e. The van der Waals surface area contributed by atoms with Gasteiger partial charge in [0.2, 0.25) is 5.95 Å². The van der Waals surface area contributed by atoms with Crippen molar-refractivity contribution in [1.29, 1.82) is 0 Å². The smallest absolute Gasteiger partial charge is 0.323 e. The Morgan fingerprint density at radius 3 is 2.26 bits per heavy atom. The Bertz CT molecular complexity index is 1180. The highest BCUT2D eigenvalue weighted by molar-refractivity contribution is 5.96. The lowest BCUT2D eigenvalue weighted by atomic mass is 9.90. The van der Waals surface area contributed by atoms with E-state index in [0.29, 0.717) is 36.1 Å². The predicted octanol–water partition coefficient (Wildman–Crippen LogP) is 3.94. The summed E-state index contributed by atoms with van der Waals surface area (Å²) in [5.41, 5.74) is 8.96. The van der Waals surface area contributed by atoms with Crippen molar-refractivity contribution in [2.75, 3.05) is 31.1 Å². The van der Waals surface area contributed by atoms with Gasteiger partial charge in [0, 0.05) is 25.8 Å². The van der Waals surface area contributed by atoms with Crippen molar-refractivity contribution in [3.8, 4) is 0 Å². The second-order valence-electron chi connectivity index (χ2n) is 9.94. The van der Waals surface area contributed by atoms with Gasteiger partial charge in [0.25, 0.3) is 5.91 Å². The van der Waals surface area contributed by atoms with E-state index in [0.717, 1.165) is 50.8 Å². The first-order chi connectivity index (χ1) is 18.5. The van der Waals surface area contributed by atoms with E-state index < -0.39 is 12.5 Å². The number of carbonyl (C=O) groups is 2.